The van der Waals surface area contributed by atoms with Gasteiger partial charge in [-0.1, -0.05) is 55.8 Å². The summed E-state index contributed by atoms with van der Waals surface area (Å²) in [5.41, 5.74) is 10.4. The molecule has 0 fully saturated rings. The minimum Gasteiger partial charge on any atom is -0.256 e. The molecule has 3 aromatic rings. The van der Waals surface area contributed by atoms with Gasteiger partial charge in [-0.2, -0.15) is 0 Å². The first-order valence-electron chi connectivity index (χ1n) is 8.16. The Morgan fingerprint density at radius 1 is 0.739 bits per heavy atom. The second kappa shape index (κ2) is 4.79. The molecule has 0 bridgehead atoms. The first-order valence-corrected chi connectivity index (χ1v) is 8.16. The van der Waals surface area contributed by atoms with Gasteiger partial charge in [0.2, 0.25) is 0 Å². The molecule has 1 heterocycles. The van der Waals surface area contributed by atoms with Gasteiger partial charge in [0.15, 0.2) is 0 Å². The van der Waals surface area contributed by atoms with Crippen molar-refractivity contribution in [2.75, 3.05) is 0 Å². The molecule has 0 N–H and O–H groups in total. The summed E-state index contributed by atoms with van der Waals surface area (Å²) < 4.78 is 0. The van der Waals surface area contributed by atoms with Crippen molar-refractivity contribution in [3.05, 3.63) is 77.0 Å². The summed E-state index contributed by atoms with van der Waals surface area (Å²) in [6, 6.07) is 17.8. The number of pyridine rings is 1. The SMILES string of the molecule is Cc1ccc(-c2ccc3c(c2)C(C)(C)c2ccc(C)cc2-3)nc1. The molecule has 0 aliphatic heterocycles. The van der Waals surface area contributed by atoms with Crippen molar-refractivity contribution in [2.24, 2.45) is 0 Å². The fraction of sp³-hybridized carbons (Fsp3) is 0.227. The Labute approximate surface area is 138 Å². The van der Waals surface area contributed by atoms with E-state index in [0.717, 1.165) is 5.69 Å². The standard InChI is InChI=1S/C22H21N/c1-14-5-9-19-18(11-14)17-8-7-16(12-20(17)22(19,3)4)21-10-6-15(2)13-23-21/h5-13H,1-4H3. The molecule has 0 amide bonds. The Kier molecular flexibility index (Phi) is 2.96. The minimum absolute atomic E-state index is 0.0407. The molecule has 4 rings (SSSR count). The highest BCUT2D eigenvalue weighted by molar-refractivity contribution is 5.83. The number of hydrogen-bond acceptors (Lipinski definition) is 1. The van der Waals surface area contributed by atoms with E-state index >= 15 is 0 Å². The Morgan fingerprint density at radius 2 is 1.52 bits per heavy atom. The van der Waals surface area contributed by atoms with Gasteiger partial charge in [-0.3, -0.25) is 4.98 Å². The van der Waals surface area contributed by atoms with Crippen LogP contribution < -0.4 is 0 Å². The first kappa shape index (κ1) is 14.2. The van der Waals surface area contributed by atoms with Crippen LogP contribution in [0.15, 0.2) is 54.7 Å². The summed E-state index contributed by atoms with van der Waals surface area (Å²) in [4.78, 5) is 4.59. The fourth-order valence-electron chi connectivity index (χ4n) is 3.67. The number of benzene rings is 2. The largest absolute Gasteiger partial charge is 0.256 e. The molecule has 1 aliphatic carbocycles. The molecule has 1 aliphatic rings. The van der Waals surface area contributed by atoms with Crippen LogP contribution in [0.25, 0.3) is 22.4 Å². The molecule has 0 spiro atoms. The van der Waals surface area contributed by atoms with Gasteiger partial charge in [0, 0.05) is 17.2 Å². The molecule has 1 aromatic heterocycles. The van der Waals surface area contributed by atoms with Crippen LogP contribution in [-0.4, -0.2) is 4.98 Å². The average molecular weight is 299 g/mol. The predicted octanol–water partition coefficient (Wildman–Crippen LogP) is 5.67. The van der Waals surface area contributed by atoms with Crippen LogP contribution in [0.2, 0.25) is 0 Å². The van der Waals surface area contributed by atoms with Crippen LogP contribution in [0.5, 0.6) is 0 Å². The highest BCUT2D eigenvalue weighted by atomic mass is 14.7. The van der Waals surface area contributed by atoms with Crippen LogP contribution in [0.1, 0.15) is 36.1 Å². The molecule has 0 saturated heterocycles. The van der Waals surface area contributed by atoms with Gasteiger partial charge in [0.1, 0.15) is 0 Å². The Morgan fingerprint density at radius 3 is 2.26 bits per heavy atom. The third kappa shape index (κ3) is 2.11. The highest BCUT2D eigenvalue weighted by Gasteiger charge is 2.35. The van der Waals surface area contributed by atoms with E-state index in [2.05, 4.69) is 81.2 Å². The number of aryl methyl sites for hydroxylation is 2. The molecule has 0 radical (unpaired) electrons. The van der Waals surface area contributed by atoms with Gasteiger partial charge in [-0.25, -0.2) is 0 Å². The van der Waals surface area contributed by atoms with Gasteiger partial charge < -0.3 is 0 Å². The molecule has 0 atom stereocenters. The third-order valence-electron chi connectivity index (χ3n) is 5.04. The second-order valence-corrected chi connectivity index (χ2v) is 7.16. The zero-order chi connectivity index (χ0) is 16.2. The number of aromatic nitrogens is 1. The molecule has 1 heteroatoms. The van der Waals surface area contributed by atoms with Gasteiger partial charge in [0.05, 0.1) is 5.69 Å². The van der Waals surface area contributed by atoms with Gasteiger partial charge in [-0.15, -0.1) is 0 Å². The van der Waals surface area contributed by atoms with Crippen LogP contribution in [0.3, 0.4) is 0 Å². The van der Waals surface area contributed by atoms with E-state index in [1.165, 1.54) is 38.9 Å². The summed E-state index contributed by atoms with van der Waals surface area (Å²) in [5.74, 6) is 0. The predicted molar refractivity (Wildman–Crippen MR) is 96.7 cm³/mol. The monoisotopic (exact) mass is 299 g/mol. The zero-order valence-corrected chi connectivity index (χ0v) is 14.1. The lowest BCUT2D eigenvalue weighted by atomic mass is 9.81. The van der Waals surface area contributed by atoms with Crippen molar-refractivity contribution >= 4 is 0 Å². The Balaban J connectivity index is 1.91. The van der Waals surface area contributed by atoms with E-state index in [9.17, 15) is 0 Å². The lowest BCUT2D eigenvalue weighted by molar-refractivity contribution is 0.660. The summed E-state index contributed by atoms with van der Waals surface area (Å²) in [6.07, 6.45) is 1.94. The smallest absolute Gasteiger partial charge is 0.0702 e. The molecule has 0 saturated carbocycles. The van der Waals surface area contributed by atoms with E-state index in [-0.39, 0.29) is 5.41 Å². The van der Waals surface area contributed by atoms with E-state index in [0.29, 0.717) is 0 Å². The molecule has 114 valence electrons. The van der Waals surface area contributed by atoms with Gasteiger partial charge in [-0.05, 0) is 53.8 Å². The summed E-state index contributed by atoms with van der Waals surface area (Å²) in [7, 11) is 0. The Hall–Kier alpha value is -2.41. The maximum atomic E-state index is 4.59. The van der Waals surface area contributed by atoms with Crippen molar-refractivity contribution in [2.45, 2.75) is 33.1 Å². The van der Waals surface area contributed by atoms with E-state index < -0.39 is 0 Å². The summed E-state index contributed by atoms with van der Waals surface area (Å²) in [5, 5.41) is 0. The van der Waals surface area contributed by atoms with Gasteiger partial charge >= 0.3 is 0 Å². The molecule has 23 heavy (non-hydrogen) atoms. The number of hydrogen-bond donors (Lipinski definition) is 0. The van der Waals surface area contributed by atoms with Crippen molar-refractivity contribution in [1.82, 2.24) is 4.98 Å². The van der Waals surface area contributed by atoms with Crippen molar-refractivity contribution in [1.29, 1.82) is 0 Å². The third-order valence-corrected chi connectivity index (χ3v) is 5.04. The van der Waals surface area contributed by atoms with Crippen LogP contribution in [-0.2, 0) is 5.41 Å². The maximum absolute atomic E-state index is 4.59. The normalized spacial score (nSPS) is 14.4. The summed E-state index contributed by atoms with van der Waals surface area (Å²) in [6.45, 7) is 8.87. The average Bonchev–Trinajstić information content (AvgIpc) is 2.75. The van der Waals surface area contributed by atoms with E-state index in [4.69, 9.17) is 0 Å². The molecule has 0 unspecified atom stereocenters. The second-order valence-electron chi connectivity index (χ2n) is 7.16. The van der Waals surface area contributed by atoms with E-state index in [1.54, 1.807) is 0 Å². The number of nitrogens with zero attached hydrogens (tertiary/aromatic N) is 1. The van der Waals surface area contributed by atoms with Crippen molar-refractivity contribution in [3.8, 4) is 22.4 Å². The molecular formula is C22H21N. The van der Waals surface area contributed by atoms with Crippen molar-refractivity contribution in [3.63, 3.8) is 0 Å². The quantitative estimate of drug-likeness (QED) is 0.564. The van der Waals surface area contributed by atoms with Crippen LogP contribution in [0, 0.1) is 13.8 Å². The lowest BCUT2D eigenvalue weighted by Crippen LogP contribution is -2.15. The summed E-state index contributed by atoms with van der Waals surface area (Å²) >= 11 is 0. The van der Waals surface area contributed by atoms with Crippen LogP contribution >= 0.6 is 0 Å². The maximum Gasteiger partial charge on any atom is 0.0702 e. The minimum atomic E-state index is 0.0407. The van der Waals surface area contributed by atoms with Crippen LogP contribution in [0.4, 0.5) is 0 Å². The lowest BCUT2D eigenvalue weighted by Gasteiger charge is -2.22. The first-order chi connectivity index (χ1) is 11.0. The molecule has 2 aromatic carbocycles. The van der Waals surface area contributed by atoms with E-state index in [1.807, 2.05) is 6.20 Å². The molecular weight excluding hydrogens is 278 g/mol. The highest BCUT2D eigenvalue weighted by Crippen LogP contribution is 2.49. The number of rotatable bonds is 1. The topological polar surface area (TPSA) is 12.9 Å². The Bertz CT molecular complexity index is 902. The fourth-order valence-corrected chi connectivity index (χ4v) is 3.67. The van der Waals surface area contributed by atoms with Crippen molar-refractivity contribution < 1.29 is 0 Å². The molecule has 1 nitrogen and oxygen atoms in total. The zero-order valence-electron chi connectivity index (χ0n) is 14.1. The van der Waals surface area contributed by atoms with Gasteiger partial charge in [0.25, 0.3) is 0 Å². The number of fused-ring (bicyclic) bond motifs is 3.